The molecule has 13 aromatic rings. The number of hydrogen-bond donors (Lipinski definition) is 0. The molecule has 15 rings (SSSR count). The fourth-order valence-corrected chi connectivity index (χ4v) is 12.7. The molecule has 0 saturated carbocycles. The summed E-state index contributed by atoms with van der Waals surface area (Å²) in [4.78, 5) is 15.0. The zero-order chi connectivity index (χ0) is 52.8. The van der Waals surface area contributed by atoms with Crippen LogP contribution in [0, 0.1) is 0 Å². The molecule has 0 fully saturated rings. The van der Waals surface area contributed by atoms with Crippen molar-refractivity contribution in [3.8, 4) is 50.7 Å². The van der Waals surface area contributed by atoms with Crippen LogP contribution in [-0.4, -0.2) is 25.6 Å². The van der Waals surface area contributed by atoms with Crippen LogP contribution in [0.1, 0.15) is 48.6 Å². The number of hydrogen-bond acceptors (Lipinski definition) is 5. The van der Waals surface area contributed by atoms with Crippen molar-refractivity contribution < 1.29 is 4.74 Å². The van der Waals surface area contributed by atoms with Gasteiger partial charge >= 0.3 is 0 Å². The Hall–Kier alpha value is -9.98. The van der Waals surface area contributed by atoms with Gasteiger partial charge in [0.05, 0.1) is 44.5 Å². The monoisotopic (exact) mass is 1020 g/mol. The van der Waals surface area contributed by atoms with Gasteiger partial charge in [-0.2, -0.15) is 0 Å². The first-order valence-electron chi connectivity index (χ1n) is 27.2. The van der Waals surface area contributed by atoms with E-state index in [0.29, 0.717) is 12.4 Å². The Bertz CT molecular complexity index is 4390. The maximum absolute atomic E-state index is 6.92. The Balaban J connectivity index is 0.870. The van der Waals surface area contributed by atoms with Crippen LogP contribution >= 0.6 is 0 Å². The van der Waals surface area contributed by atoms with Crippen molar-refractivity contribution in [3.05, 3.63) is 289 Å². The normalized spacial score (nSPS) is 13.5. The first-order valence-corrected chi connectivity index (χ1v) is 27.2. The summed E-state index contributed by atoms with van der Waals surface area (Å²) in [6, 6.07) is 92.2. The molecule has 7 heteroatoms. The van der Waals surface area contributed by atoms with Crippen LogP contribution < -0.4 is 14.5 Å². The molecule has 79 heavy (non-hydrogen) atoms. The topological polar surface area (TPSA) is 50.8 Å². The largest absolute Gasteiger partial charge is 0.457 e. The lowest BCUT2D eigenvalue weighted by Gasteiger charge is -2.36. The molecule has 0 atom stereocenters. The fraction of sp³-hybridized carbons (Fsp3) is 0.0833. The quantitative estimate of drug-likeness (QED) is 0.144. The summed E-state index contributed by atoms with van der Waals surface area (Å²) >= 11 is 0. The average Bonchev–Trinajstić information content (AvgIpc) is 4.10. The zero-order valence-corrected chi connectivity index (χ0v) is 44.1. The molecule has 1 aliphatic carbocycles. The smallest absolute Gasteiger partial charge is 0.221 e. The van der Waals surface area contributed by atoms with Crippen LogP contribution in [-0.2, 0) is 10.8 Å². The van der Waals surface area contributed by atoms with Crippen molar-refractivity contribution in [1.82, 2.24) is 18.9 Å². The Morgan fingerprint density at radius 3 is 1.73 bits per heavy atom. The van der Waals surface area contributed by atoms with E-state index in [0.717, 1.165) is 84.4 Å². The first-order chi connectivity index (χ1) is 38.8. The number of rotatable bonds is 9. The van der Waals surface area contributed by atoms with Gasteiger partial charge in [-0.1, -0.05) is 191 Å². The van der Waals surface area contributed by atoms with Crippen LogP contribution in [0.4, 0.5) is 22.7 Å². The van der Waals surface area contributed by atoms with Crippen LogP contribution in [0.5, 0.6) is 11.5 Å². The molecule has 3 aromatic heterocycles. The lowest BCUT2D eigenvalue weighted by molar-refractivity contribution is 0.483. The third-order valence-corrected chi connectivity index (χ3v) is 16.3. The minimum atomic E-state index is -0.600. The number of pyridine rings is 1. The Labute approximate surface area is 459 Å². The summed E-state index contributed by atoms with van der Waals surface area (Å²) in [5.74, 6) is 3.06. The molecule has 1 aliphatic heterocycles. The molecular weight excluding hydrogens is 965 g/mol. The third kappa shape index (κ3) is 7.34. The Morgan fingerprint density at radius 2 is 1.05 bits per heavy atom. The number of benzene rings is 10. The fourth-order valence-electron chi connectivity index (χ4n) is 12.7. The van der Waals surface area contributed by atoms with Crippen molar-refractivity contribution in [2.45, 2.75) is 31.6 Å². The number of ether oxygens (including phenoxy) is 1. The number of nitrogens with zero attached hydrogens (tertiary/aromatic N) is 6. The first kappa shape index (κ1) is 46.3. The van der Waals surface area contributed by atoms with E-state index in [9.17, 15) is 0 Å². The number of para-hydroxylation sites is 4. The molecule has 0 N–H and O–H groups in total. The van der Waals surface area contributed by atoms with E-state index in [-0.39, 0.29) is 5.41 Å². The number of fused-ring (bicyclic) bond motifs is 9. The minimum absolute atomic E-state index is 0.0652. The van der Waals surface area contributed by atoms with Gasteiger partial charge in [-0.05, 0) is 128 Å². The van der Waals surface area contributed by atoms with Gasteiger partial charge in [0.2, 0.25) is 5.78 Å². The van der Waals surface area contributed by atoms with E-state index >= 15 is 0 Å². The van der Waals surface area contributed by atoms with Crippen molar-refractivity contribution in [1.29, 1.82) is 0 Å². The second-order valence-electron chi connectivity index (χ2n) is 21.8. The summed E-state index contributed by atoms with van der Waals surface area (Å²) in [7, 11) is 0. The van der Waals surface area contributed by atoms with Crippen LogP contribution in [0.15, 0.2) is 261 Å². The highest BCUT2D eigenvalue weighted by Gasteiger charge is 2.47. The van der Waals surface area contributed by atoms with Crippen LogP contribution in [0.3, 0.4) is 0 Å². The van der Waals surface area contributed by atoms with E-state index in [4.69, 9.17) is 14.7 Å². The van der Waals surface area contributed by atoms with Gasteiger partial charge < -0.3 is 14.5 Å². The second-order valence-corrected chi connectivity index (χ2v) is 21.8. The van der Waals surface area contributed by atoms with Gasteiger partial charge in [-0.3, -0.25) is 8.97 Å². The Kier molecular flexibility index (Phi) is 10.6. The van der Waals surface area contributed by atoms with E-state index < -0.39 is 5.41 Å². The molecular formula is C72H54N6O. The lowest BCUT2D eigenvalue weighted by atomic mass is 9.66. The molecule has 0 unspecified atom stereocenters. The molecule has 2 aliphatic rings. The van der Waals surface area contributed by atoms with E-state index in [1.54, 1.807) is 0 Å². The highest BCUT2D eigenvalue weighted by molar-refractivity contribution is 6.00. The summed E-state index contributed by atoms with van der Waals surface area (Å²) in [6.45, 7) is 7.25. The average molecular weight is 1020 g/mol. The maximum atomic E-state index is 6.92. The van der Waals surface area contributed by atoms with Crippen molar-refractivity contribution in [2.75, 3.05) is 16.5 Å². The summed E-state index contributed by atoms with van der Waals surface area (Å²) in [5.41, 5.74) is 21.0. The van der Waals surface area contributed by atoms with Crippen molar-refractivity contribution >= 4 is 50.6 Å². The van der Waals surface area contributed by atoms with Gasteiger partial charge in [-0.15, -0.1) is 0 Å². The summed E-state index contributed by atoms with van der Waals surface area (Å²) in [5, 5.41) is 0. The third-order valence-electron chi connectivity index (χ3n) is 16.3. The zero-order valence-electron chi connectivity index (χ0n) is 44.1. The number of imidazole rings is 2. The molecule has 0 saturated heterocycles. The summed E-state index contributed by atoms with van der Waals surface area (Å²) in [6.07, 6.45) is 1.90. The number of anilines is 4. The standard InChI is InChI=1S/C72H54N6O/c1-71(2,3)51-40-41-73-68(44-51)78-67-46-55(38-39-66(67)77-63-35-18-17-34-62(63)74-70(77)78)79-54-29-21-28-53(45-54)75-47-76(65-37-20-19-36-64(65)75)69-58(48-22-7-4-8-23-48)42-52(43-59(69)49-24-9-5-10-25-49)72(50-26-11-6-12-27-50)60-32-15-13-30-56(60)57-31-14-16-33-61(57)72/h4-46H,47H2,1-3H3. The van der Waals surface area contributed by atoms with E-state index in [2.05, 4.69) is 282 Å². The number of aromatic nitrogens is 4. The minimum Gasteiger partial charge on any atom is -0.457 e. The second kappa shape index (κ2) is 18.1. The molecule has 0 amide bonds. The van der Waals surface area contributed by atoms with Gasteiger partial charge in [0.25, 0.3) is 0 Å². The van der Waals surface area contributed by atoms with Crippen molar-refractivity contribution in [2.24, 2.45) is 0 Å². The molecule has 0 bridgehead atoms. The van der Waals surface area contributed by atoms with Gasteiger partial charge in [0, 0.05) is 35.1 Å². The predicted octanol–water partition coefficient (Wildman–Crippen LogP) is 17.9. The molecule has 4 heterocycles. The van der Waals surface area contributed by atoms with Gasteiger partial charge in [-0.25, -0.2) is 9.97 Å². The van der Waals surface area contributed by atoms with Crippen molar-refractivity contribution in [3.63, 3.8) is 0 Å². The van der Waals surface area contributed by atoms with Crippen LogP contribution in [0.2, 0.25) is 0 Å². The van der Waals surface area contributed by atoms with E-state index in [1.165, 1.54) is 38.9 Å². The molecule has 0 spiro atoms. The molecule has 0 radical (unpaired) electrons. The Morgan fingerprint density at radius 1 is 0.456 bits per heavy atom. The van der Waals surface area contributed by atoms with Gasteiger partial charge in [0.15, 0.2) is 0 Å². The molecule has 10 aromatic carbocycles. The van der Waals surface area contributed by atoms with Gasteiger partial charge in [0.1, 0.15) is 24.0 Å². The SMILES string of the molecule is CC(C)(C)c1ccnc(-n2c3cc(Oc4cccc(N5CN(c6c(-c7ccccc7)cc(C7(c8ccccc8)c8ccccc8-c8ccccc87)cc6-c6ccccc6)c6ccccc65)c4)ccc3n3c4ccccc4nc23)c1. The lowest BCUT2D eigenvalue weighted by Crippen LogP contribution is -2.29. The summed E-state index contributed by atoms with van der Waals surface area (Å²) < 4.78 is 11.3. The molecule has 378 valence electrons. The maximum Gasteiger partial charge on any atom is 0.221 e. The highest BCUT2D eigenvalue weighted by Crippen LogP contribution is 2.59. The highest BCUT2D eigenvalue weighted by atomic mass is 16.5. The predicted molar refractivity (Wildman–Crippen MR) is 323 cm³/mol. The van der Waals surface area contributed by atoms with E-state index in [1.807, 2.05) is 18.3 Å². The molecule has 7 nitrogen and oxygen atoms in total. The van der Waals surface area contributed by atoms with Crippen LogP contribution in [0.25, 0.3) is 67.0 Å².